The van der Waals surface area contributed by atoms with Gasteiger partial charge in [0.1, 0.15) is 11.1 Å². The summed E-state index contributed by atoms with van der Waals surface area (Å²) in [6.45, 7) is 0.978. The molecule has 0 aliphatic heterocycles. The van der Waals surface area contributed by atoms with E-state index < -0.39 is 0 Å². The Morgan fingerprint density at radius 1 is 1.60 bits per heavy atom. The van der Waals surface area contributed by atoms with Gasteiger partial charge in [0.2, 0.25) is 0 Å². The number of anilines is 1. The third kappa shape index (κ3) is 3.78. The molecule has 0 aliphatic rings. The highest BCUT2D eigenvalue weighted by Gasteiger charge is 2.03. The van der Waals surface area contributed by atoms with E-state index in [0.29, 0.717) is 11.3 Å². The summed E-state index contributed by atoms with van der Waals surface area (Å²) in [6, 6.07) is 3.67. The molecule has 0 bridgehead atoms. The van der Waals surface area contributed by atoms with E-state index in [1.54, 1.807) is 24.0 Å². The Kier molecular flexibility index (Phi) is 4.40. The minimum Gasteiger partial charge on any atom is -0.397 e. The van der Waals surface area contributed by atoms with Crippen LogP contribution in [0.1, 0.15) is 5.56 Å². The largest absolute Gasteiger partial charge is 0.397 e. The lowest BCUT2D eigenvalue weighted by atomic mass is 10.3. The lowest BCUT2D eigenvalue weighted by Gasteiger charge is -2.09. The molecule has 0 aromatic carbocycles. The first-order valence-corrected chi connectivity index (χ1v) is 5.55. The Balaban J connectivity index is 2.59. The summed E-state index contributed by atoms with van der Waals surface area (Å²) in [6.07, 6.45) is 1.55. The average Bonchev–Trinajstić information content (AvgIpc) is 2.20. The van der Waals surface area contributed by atoms with Gasteiger partial charge in [-0.25, -0.2) is 4.98 Å². The predicted molar refractivity (Wildman–Crippen MR) is 62.6 cm³/mol. The highest BCUT2D eigenvalue weighted by Crippen LogP contribution is 2.22. The van der Waals surface area contributed by atoms with Crippen molar-refractivity contribution in [3.63, 3.8) is 0 Å². The van der Waals surface area contributed by atoms with Gasteiger partial charge in [0.15, 0.2) is 0 Å². The highest BCUT2D eigenvalue weighted by atomic mass is 32.2. The molecule has 0 aliphatic carbocycles. The first-order chi connectivity index (χ1) is 7.13. The third-order valence-corrected chi connectivity index (χ3v) is 2.79. The van der Waals surface area contributed by atoms with Gasteiger partial charge in [-0.3, -0.25) is 0 Å². The summed E-state index contributed by atoms with van der Waals surface area (Å²) in [5.41, 5.74) is 6.85. The molecule has 2 N–H and O–H groups in total. The Morgan fingerprint density at radius 3 is 2.87 bits per heavy atom. The zero-order chi connectivity index (χ0) is 11.3. The van der Waals surface area contributed by atoms with Crippen molar-refractivity contribution in [2.75, 3.05) is 32.1 Å². The topological polar surface area (TPSA) is 65.9 Å². The van der Waals surface area contributed by atoms with Crippen LogP contribution >= 0.6 is 11.8 Å². The van der Waals surface area contributed by atoms with E-state index in [4.69, 9.17) is 11.0 Å². The third-order valence-electron chi connectivity index (χ3n) is 1.79. The van der Waals surface area contributed by atoms with E-state index in [1.165, 1.54) is 0 Å². The van der Waals surface area contributed by atoms with Gasteiger partial charge in [-0.1, -0.05) is 0 Å². The van der Waals surface area contributed by atoms with Crippen molar-refractivity contribution in [1.29, 1.82) is 5.26 Å². The van der Waals surface area contributed by atoms with Gasteiger partial charge in [-0.2, -0.15) is 5.26 Å². The summed E-state index contributed by atoms with van der Waals surface area (Å²) in [5.74, 6) is 0.941. The van der Waals surface area contributed by atoms with Crippen LogP contribution in [0.15, 0.2) is 17.3 Å². The van der Waals surface area contributed by atoms with Crippen LogP contribution in [-0.2, 0) is 0 Å². The first kappa shape index (κ1) is 11.8. The van der Waals surface area contributed by atoms with Gasteiger partial charge in [0, 0.05) is 18.5 Å². The fraction of sp³-hybridized carbons (Fsp3) is 0.400. The number of pyridine rings is 1. The molecule has 0 radical (unpaired) electrons. The van der Waals surface area contributed by atoms with E-state index in [9.17, 15) is 0 Å². The molecule has 0 saturated carbocycles. The van der Waals surface area contributed by atoms with Crippen molar-refractivity contribution in [2.45, 2.75) is 5.03 Å². The lowest BCUT2D eigenvalue weighted by Crippen LogP contribution is -2.14. The molecule has 0 atom stereocenters. The predicted octanol–water partition coefficient (Wildman–Crippen LogP) is 1.19. The van der Waals surface area contributed by atoms with Crippen LogP contribution in [0.5, 0.6) is 0 Å². The second kappa shape index (κ2) is 5.59. The molecule has 5 heteroatoms. The van der Waals surface area contributed by atoms with Crippen LogP contribution in [0.2, 0.25) is 0 Å². The molecule has 0 unspecified atom stereocenters. The fourth-order valence-corrected chi connectivity index (χ4v) is 1.98. The molecule has 80 valence electrons. The number of aromatic nitrogens is 1. The summed E-state index contributed by atoms with van der Waals surface area (Å²) in [5, 5.41) is 9.44. The Labute approximate surface area is 94.1 Å². The van der Waals surface area contributed by atoms with E-state index in [0.717, 1.165) is 17.3 Å². The summed E-state index contributed by atoms with van der Waals surface area (Å²) in [7, 11) is 4.05. The molecule has 4 nitrogen and oxygen atoms in total. The van der Waals surface area contributed by atoms with Gasteiger partial charge in [0.05, 0.1) is 11.3 Å². The van der Waals surface area contributed by atoms with E-state index >= 15 is 0 Å². The number of hydrogen-bond donors (Lipinski definition) is 1. The average molecular weight is 222 g/mol. The number of rotatable bonds is 4. The van der Waals surface area contributed by atoms with Crippen LogP contribution < -0.4 is 5.73 Å². The molecule has 1 heterocycles. The zero-order valence-electron chi connectivity index (χ0n) is 8.90. The van der Waals surface area contributed by atoms with Crippen molar-refractivity contribution in [3.8, 4) is 6.07 Å². The van der Waals surface area contributed by atoms with Gasteiger partial charge in [-0.05, 0) is 20.2 Å². The van der Waals surface area contributed by atoms with E-state index in [1.807, 2.05) is 20.2 Å². The second-order valence-corrected chi connectivity index (χ2v) is 4.47. The zero-order valence-corrected chi connectivity index (χ0v) is 9.71. The number of nitrogens with zero attached hydrogens (tertiary/aromatic N) is 3. The maximum Gasteiger partial charge on any atom is 0.119 e. The summed E-state index contributed by atoms with van der Waals surface area (Å²) in [4.78, 5) is 6.25. The number of nitriles is 1. The van der Waals surface area contributed by atoms with E-state index in [2.05, 4.69) is 9.88 Å². The molecular formula is C10H14N4S. The summed E-state index contributed by atoms with van der Waals surface area (Å²) < 4.78 is 0. The minimum atomic E-state index is 0.504. The molecule has 0 amide bonds. The van der Waals surface area contributed by atoms with Crippen LogP contribution in [0.3, 0.4) is 0 Å². The monoisotopic (exact) mass is 222 g/mol. The smallest absolute Gasteiger partial charge is 0.119 e. The standard InChI is InChI=1S/C10H14N4S/c1-14(2)3-4-15-10-9(12)5-8(6-11)7-13-10/h5,7H,3-4,12H2,1-2H3. The fourth-order valence-electron chi connectivity index (χ4n) is 0.976. The molecule has 15 heavy (non-hydrogen) atoms. The molecular weight excluding hydrogens is 208 g/mol. The SMILES string of the molecule is CN(C)CCSc1ncc(C#N)cc1N. The molecule has 0 fully saturated rings. The van der Waals surface area contributed by atoms with Gasteiger partial charge in [0.25, 0.3) is 0 Å². The molecule has 0 spiro atoms. The number of thioether (sulfide) groups is 1. The first-order valence-electron chi connectivity index (χ1n) is 4.56. The number of nitrogen functional groups attached to an aromatic ring is 1. The maximum absolute atomic E-state index is 8.64. The van der Waals surface area contributed by atoms with Crippen molar-refractivity contribution < 1.29 is 0 Å². The van der Waals surface area contributed by atoms with E-state index in [-0.39, 0.29) is 0 Å². The molecule has 1 aromatic heterocycles. The molecule has 1 rings (SSSR count). The number of hydrogen-bond acceptors (Lipinski definition) is 5. The minimum absolute atomic E-state index is 0.504. The Morgan fingerprint density at radius 2 is 2.33 bits per heavy atom. The number of nitrogens with two attached hydrogens (primary N) is 1. The van der Waals surface area contributed by atoms with Gasteiger partial charge in [-0.15, -0.1) is 11.8 Å². The van der Waals surface area contributed by atoms with Crippen molar-refractivity contribution >= 4 is 17.4 Å². The second-order valence-electron chi connectivity index (χ2n) is 3.38. The van der Waals surface area contributed by atoms with Crippen molar-refractivity contribution in [3.05, 3.63) is 17.8 Å². The van der Waals surface area contributed by atoms with Crippen LogP contribution in [0.25, 0.3) is 0 Å². The quantitative estimate of drug-likeness (QED) is 0.775. The lowest BCUT2D eigenvalue weighted by molar-refractivity contribution is 0.437. The maximum atomic E-state index is 8.64. The molecule has 1 aromatic rings. The Hall–Kier alpha value is -1.25. The normalized spacial score (nSPS) is 10.3. The van der Waals surface area contributed by atoms with Crippen LogP contribution in [0.4, 0.5) is 5.69 Å². The van der Waals surface area contributed by atoms with Crippen LogP contribution in [0, 0.1) is 11.3 Å². The van der Waals surface area contributed by atoms with Crippen molar-refractivity contribution in [1.82, 2.24) is 9.88 Å². The Bertz CT molecular complexity index is 370. The van der Waals surface area contributed by atoms with Gasteiger partial charge >= 0.3 is 0 Å². The van der Waals surface area contributed by atoms with Gasteiger partial charge < -0.3 is 10.6 Å². The van der Waals surface area contributed by atoms with Crippen LogP contribution in [-0.4, -0.2) is 36.3 Å². The highest BCUT2D eigenvalue weighted by molar-refractivity contribution is 7.99. The van der Waals surface area contributed by atoms with Crippen molar-refractivity contribution in [2.24, 2.45) is 0 Å². The summed E-state index contributed by atoms with van der Waals surface area (Å²) >= 11 is 1.61. The molecule has 0 saturated heterocycles.